The Morgan fingerprint density at radius 2 is 0.625 bits per heavy atom. The number of esters is 2. The van der Waals surface area contributed by atoms with E-state index in [4.69, 9.17) is 4.74 Å². The van der Waals surface area contributed by atoms with E-state index in [1.54, 1.807) is 0 Å². The van der Waals surface area contributed by atoms with Crippen molar-refractivity contribution in [3.63, 3.8) is 0 Å². The number of carbonyl (C=O) groups excluding carboxylic acids is 2. The summed E-state index contributed by atoms with van der Waals surface area (Å²) in [6, 6.07) is 0. The van der Waals surface area contributed by atoms with Gasteiger partial charge in [0.1, 0.15) is 0 Å². The first-order valence-corrected chi connectivity index (χ1v) is 13.9. The predicted octanol–water partition coefficient (Wildman–Crippen LogP) is 8.81. The van der Waals surface area contributed by atoms with Gasteiger partial charge in [0.25, 0.3) is 0 Å². The van der Waals surface area contributed by atoms with Crippen LogP contribution in [0.15, 0.2) is 0 Å². The fourth-order valence-electron chi connectivity index (χ4n) is 4.10. The van der Waals surface area contributed by atoms with E-state index >= 15 is 0 Å². The van der Waals surface area contributed by atoms with Crippen molar-refractivity contribution in [3.05, 3.63) is 0 Å². The summed E-state index contributed by atoms with van der Waals surface area (Å²) in [6.07, 6.45) is 28.5. The van der Waals surface area contributed by atoms with E-state index in [0.29, 0.717) is 12.8 Å². The number of rotatable bonds is 24. The van der Waals surface area contributed by atoms with Crippen molar-refractivity contribution in [1.82, 2.24) is 0 Å². The number of hydrogen-bond donors (Lipinski definition) is 0. The molecule has 0 saturated heterocycles. The van der Waals surface area contributed by atoms with Gasteiger partial charge in [-0.05, 0) is 12.8 Å². The van der Waals surface area contributed by atoms with Crippen LogP contribution in [0, 0.1) is 0 Å². The van der Waals surface area contributed by atoms with Crippen molar-refractivity contribution in [3.8, 4) is 0 Å². The van der Waals surface area contributed by atoms with Gasteiger partial charge in [-0.15, -0.1) is 0 Å². The molecular weight excluding hydrogens is 407 g/mol. The van der Waals surface area contributed by atoms with Crippen molar-refractivity contribution in [1.29, 1.82) is 0 Å². The second-order valence-electron chi connectivity index (χ2n) is 9.42. The van der Waals surface area contributed by atoms with Gasteiger partial charge in [0.2, 0.25) is 0 Å². The van der Waals surface area contributed by atoms with Gasteiger partial charge in [-0.2, -0.15) is 0 Å². The van der Waals surface area contributed by atoms with Crippen LogP contribution in [-0.2, 0) is 14.3 Å². The number of carbonyl (C=O) groups is 2. The molecule has 0 aromatic heterocycles. The van der Waals surface area contributed by atoms with Gasteiger partial charge in [-0.3, -0.25) is 9.59 Å². The van der Waals surface area contributed by atoms with Gasteiger partial charge in [-0.25, -0.2) is 0 Å². The molecule has 4 heteroatoms. The Kier molecular flexibility index (Phi) is 31.3. The second-order valence-corrected chi connectivity index (χ2v) is 9.42. The molecule has 3 nitrogen and oxygen atoms in total. The standard InChI is InChI=1S/C28H54O3.Na.H/c1-3-5-7-9-11-13-15-17-19-21-23-25-27(29)31-28(30)26-24-22-20-18-16-14-12-10-8-6-4-2;;/h3-26H2,1-2H3;;. The molecule has 0 amide bonds. The second kappa shape index (κ2) is 29.2. The average Bonchev–Trinajstić information content (AvgIpc) is 2.75. The van der Waals surface area contributed by atoms with Gasteiger partial charge in [0, 0.05) is 12.8 Å². The van der Waals surface area contributed by atoms with Crippen LogP contribution in [0.3, 0.4) is 0 Å². The number of hydrogen-bond acceptors (Lipinski definition) is 3. The summed E-state index contributed by atoms with van der Waals surface area (Å²) in [7, 11) is 0. The van der Waals surface area contributed by atoms with Gasteiger partial charge in [0.05, 0.1) is 0 Å². The van der Waals surface area contributed by atoms with Crippen molar-refractivity contribution >= 4 is 41.5 Å². The first kappa shape index (κ1) is 34.3. The summed E-state index contributed by atoms with van der Waals surface area (Å²) in [5.74, 6) is -0.659. The van der Waals surface area contributed by atoms with E-state index in [1.165, 1.54) is 116 Å². The predicted molar refractivity (Wildman–Crippen MR) is 140 cm³/mol. The topological polar surface area (TPSA) is 43.4 Å². The minimum atomic E-state index is -0.330. The van der Waals surface area contributed by atoms with E-state index in [2.05, 4.69) is 13.8 Å². The van der Waals surface area contributed by atoms with E-state index < -0.39 is 0 Å². The van der Waals surface area contributed by atoms with Crippen LogP contribution < -0.4 is 0 Å². The molecule has 186 valence electrons. The van der Waals surface area contributed by atoms with E-state index in [1.807, 2.05) is 0 Å². The van der Waals surface area contributed by atoms with E-state index in [0.717, 1.165) is 25.7 Å². The molecule has 0 atom stereocenters. The van der Waals surface area contributed by atoms with Crippen molar-refractivity contribution < 1.29 is 14.3 Å². The van der Waals surface area contributed by atoms with Crippen molar-refractivity contribution in [2.75, 3.05) is 0 Å². The van der Waals surface area contributed by atoms with Crippen molar-refractivity contribution in [2.24, 2.45) is 0 Å². The van der Waals surface area contributed by atoms with E-state index in [9.17, 15) is 9.59 Å². The quantitative estimate of drug-likeness (QED) is 0.0623. The Labute approximate surface area is 222 Å². The van der Waals surface area contributed by atoms with Gasteiger partial charge in [0.15, 0.2) is 0 Å². The SMILES string of the molecule is CCCCCCCCCCCCCC(=O)OC(=O)CCCCCCCCCCCCC.[NaH]. The third kappa shape index (κ3) is 28.2. The van der Waals surface area contributed by atoms with Gasteiger partial charge < -0.3 is 4.74 Å². The number of unbranched alkanes of at least 4 members (excludes halogenated alkanes) is 20. The van der Waals surface area contributed by atoms with Crippen LogP contribution in [-0.4, -0.2) is 41.5 Å². The first-order chi connectivity index (χ1) is 15.2. The molecule has 0 aliphatic rings. The Bertz CT molecular complexity index is 362. The Hall–Kier alpha value is 0.140. The van der Waals surface area contributed by atoms with Crippen LogP contribution in [0.2, 0.25) is 0 Å². The molecule has 0 saturated carbocycles. The zero-order valence-corrected chi connectivity index (χ0v) is 21.2. The monoisotopic (exact) mass is 462 g/mol. The Morgan fingerprint density at radius 1 is 0.406 bits per heavy atom. The summed E-state index contributed by atoms with van der Waals surface area (Å²) >= 11 is 0. The molecule has 0 N–H and O–H groups in total. The molecule has 0 spiro atoms. The zero-order chi connectivity index (χ0) is 22.8. The molecule has 32 heavy (non-hydrogen) atoms. The van der Waals surface area contributed by atoms with Crippen LogP contribution in [0.5, 0.6) is 0 Å². The molecule has 0 fully saturated rings. The molecule has 0 unspecified atom stereocenters. The maximum absolute atomic E-state index is 11.8. The molecular formula is C28H55NaO3. The molecule has 0 aromatic rings. The molecule has 0 aromatic carbocycles. The molecule has 0 rings (SSSR count). The van der Waals surface area contributed by atoms with Crippen LogP contribution in [0.1, 0.15) is 168 Å². The van der Waals surface area contributed by atoms with Crippen LogP contribution in [0.4, 0.5) is 0 Å². The summed E-state index contributed by atoms with van der Waals surface area (Å²) in [6.45, 7) is 4.51. The molecule has 0 aliphatic heterocycles. The van der Waals surface area contributed by atoms with Gasteiger partial charge >= 0.3 is 41.5 Å². The van der Waals surface area contributed by atoms with Crippen LogP contribution in [0.25, 0.3) is 0 Å². The van der Waals surface area contributed by atoms with Gasteiger partial charge in [-0.1, -0.05) is 142 Å². The first-order valence-electron chi connectivity index (χ1n) is 13.9. The molecule has 0 heterocycles. The van der Waals surface area contributed by atoms with Crippen molar-refractivity contribution in [2.45, 2.75) is 168 Å². The number of ether oxygens (including phenoxy) is 1. The normalized spacial score (nSPS) is 10.7. The van der Waals surface area contributed by atoms with Crippen LogP contribution >= 0.6 is 0 Å². The zero-order valence-electron chi connectivity index (χ0n) is 21.2. The summed E-state index contributed by atoms with van der Waals surface area (Å²) in [4.78, 5) is 23.5. The summed E-state index contributed by atoms with van der Waals surface area (Å²) in [5.41, 5.74) is 0. The van der Waals surface area contributed by atoms with E-state index in [-0.39, 0.29) is 41.5 Å². The third-order valence-corrected chi connectivity index (χ3v) is 6.20. The minimum absolute atomic E-state index is 0. The fraction of sp³-hybridized carbons (Fsp3) is 0.929. The molecule has 0 radical (unpaired) electrons. The summed E-state index contributed by atoms with van der Waals surface area (Å²) in [5, 5.41) is 0. The molecule has 0 aliphatic carbocycles. The average molecular weight is 463 g/mol. The Morgan fingerprint density at radius 3 is 0.875 bits per heavy atom. The maximum atomic E-state index is 11.8. The Balaban J connectivity index is 0. The third-order valence-electron chi connectivity index (χ3n) is 6.20. The molecule has 0 bridgehead atoms. The summed E-state index contributed by atoms with van der Waals surface area (Å²) < 4.78 is 4.96. The fourth-order valence-corrected chi connectivity index (χ4v) is 4.10.